The molecule has 0 aliphatic heterocycles. The largest absolute Gasteiger partial charge is 0.452 e. The molecule has 2 aromatic rings. The number of esters is 1. The molecule has 1 fully saturated rings. The van der Waals surface area contributed by atoms with Gasteiger partial charge in [-0.15, -0.1) is 11.8 Å². The minimum absolute atomic E-state index is 0.154. The standard InChI is InChI=1S/C23H21N3O3S/c1-23(15-25,18-10-11-18)26-21(27)13-29-22(28)19-4-2-3-5-20(19)30-14-17-8-6-16(12-24)7-9-17/h2-9,18H,10-11,13-14H2,1H3,(H,26,27)/t23-/m1/s1. The fourth-order valence-electron chi connectivity index (χ4n) is 3.01. The molecule has 7 heteroatoms. The van der Waals surface area contributed by atoms with E-state index < -0.39 is 24.0 Å². The summed E-state index contributed by atoms with van der Waals surface area (Å²) in [6, 6.07) is 18.5. The highest BCUT2D eigenvalue weighted by Crippen LogP contribution is 2.39. The number of carbonyl (C=O) groups excluding carboxylic acids is 2. The third-order valence-electron chi connectivity index (χ3n) is 4.94. The molecule has 0 bridgehead atoms. The summed E-state index contributed by atoms with van der Waals surface area (Å²) in [7, 11) is 0. The number of benzene rings is 2. The molecule has 0 saturated heterocycles. The van der Waals surface area contributed by atoms with Gasteiger partial charge in [-0.3, -0.25) is 4.79 Å². The maximum atomic E-state index is 12.5. The third kappa shape index (κ3) is 5.40. The second kappa shape index (κ2) is 9.47. The van der Waals surface area contributed by atoms with Gasteiger partial charge in [0.2, 0.25) is 0 Å². The lowest BCUT2D eigenvalue weighted by molar-refractivity contribution is -0.125. The van der Waals surface area contributed by atoms with Crippen molar-refractivity contribution in [2.75, 3.05) is 6.61 Å². The second-order valence-corrected chi connectivity index (χ2v) is 8.32. The first-order valence-electron chi connectivity index (χ1n) is 9.55. The van der Waals surface area contributed by atoms with E-state index in [1.54, 1.807) is 31.2 Å². The molecular formula is C23H21N3O3S. The van der Waals surface area contributed by atoms with Crippen molar-refractivity contribution < 1.29 is 14.3 Å². The van der Waals surface area contributed by atoms with Crippen molar-refractivity contribution >= 4 is 23.6 Å². The lowest BCUT2D eigenvalue weighted by Gasteiger charge is -2.22. The van der Waals surface area contributed by atoms with Gasteiger partial charge in [0, 0.05) is 10.6 Å². The summed E-state index contributed by atoms with van der Waals surface area (Å²) in [6.45, 7) is 1.26. The van der Waals surface area contributed by atoms with Gasteiger partial charge >= 0.3 is 5.97 Å². The van der Waals surface area contributed by atoms with Crippen LogP contribution in [0.4, 0.5) is 0 Å². The number of rotatable bonds is 8. The van der Waals surface area contributed by atoms with E-state index in [4.69, 9.17) is 10.00 Å². The molecule has 0 heterocycles. The van der Waals surface area contributed by atoms with Gasteiger partial charge in [-0.25, -0.2) is 4.79 Å². The minimum Gasteiger partial charge on any atom is -0.452 e. The van der Waals surface area contributed by atoms with Crippen LogP contribution >= 0.6 is 11.8 Å². The number of hydrogen-bond donors (Lipinski definition) is 1. The van der Waals surface area contributed by atoms with Crippen LogP contribution in [0.1, 0.15) is 41.3 Å². The molecule has 152 valence electrons. The molecule has 2 aromatic carbocycles. The van der Waals surface area contributed by atoms with Crippen LogP contribution in [-0.4, -0.2) is 24.0 Å². The van der Waals surface area contributed by atoms with Crippen molar-refractivity contribution in [3.05, 3.63) is 65.2 Å². The van der Waals surface area contributed by atoms with Gasteiger partial charge in [-0.1, -0.05) is 24.3 Å². The zero-order chi connectivity index (χ0) is 21.6. The fraction of sp³-hybridized carbons (Fsp3) is 0.304. The van der Waals surface area contributed by atoms with E-state index in [0.717, 1.165) is 23.3 Å². The molecule has 0 spiro atoms. The SMILES string of the molecule is C[C@](C#N)(NC(=O)COC(=O)c1ccccc1SCc1ccc(C#N)cc1)C1CC1. The van der Waals surface area contributed by atoms with E-state index in [1.807, 2.05) is 24.3 Å². The highest BCUT2D eigenvalue weighted by molar-refractivity contribution is 7.98. The van der Waals surface area contributed by atoms with Gasteiger partial charge < -0.3 is 10.1 Å². The fourth-order valence-corrected chi connectivity index (χ4v) is 4.01. The molecule has 3 rings (SSSR count). The summed E-state index contributed by atoms with van der Waals surface area (Å²) in [6.07, 6.45) is 1.82. The van der Waals surface area contributed by atoms with Crippen LogP contribution in [0.25, 0.3) is 0 Å². The van der Waals surface area contributed by atoms with Gasteiger partial charge in [0.05, 0.1) is 23.3 Å². The first-order valence-corrected chi connectivity index (χ1v) is 10.5. The zero-order valence-electron chi connectivity index (χ0n) is 16.6. The van der Waals surface area contributed by atoms with Crippen molar-refractivity contribution in [3.8, 4) is 12.1 Å². The van der Waals surface area contributed by atoms with Gasteiger partial charge in [0.25, 0.3) is 5.91 Å². The van der Waals surface area contributed by atoms with Gasteiger partial charge in [-0.2, -0.15) is 10.5 Å². The number of nitriles is 2. The molecule has 0 aromatic heterocycles. The predicted molar refractivity (Wildman–Crippen MR) is 112 cm³/mol. The van der Waals surface area contributed by atoms with E-state index in [-0.39, 0.29) is 5.92 Å². The van der Waals surface area contributed by atoms with Crippen molar-refractivity contribution in [1.29, 1.82) is 10.5 Å². The Labute approximate surface area is 179 Å². The van der Waals surface area contributed by atoms with Crippen LogP contribution in [0.3, 0.4) is 0 Å². The van der Waals surface area contributed by atoms with Gasteiger partial charge in [0.15, 0.2) is 6.61 Å². The van der Waals surface area contributed by atoms with E-state index in [0.29, 0.717) is 16.9 Å². The number of ether oxygens (including phenoxy) is 1. The molecular weight excluding hydrogens is 398 g/mol. The third-order valence-corrected chi connectivity index (χ3v) is 6.09. The summed E-state index contributed by atoms with van der Waals surface area (Å²) in [5.41, 5.74) is 1.09. The van der Waals surface area contributed by atoms with Crippen LogP contribution < -0.4 is 5.32 Å². The Kier molecular flexibility index (Phi) is 6.76. The lowest BCUT2D eigenvalue weighted by atomic mass is 9.98. The summed E-state index contributed by atoms with van der Waals surface area (Å²) in [4.78, 5) is 25.4. The summed E-state index contributed by atoms with van der Waals surface area (Å²) < 4.78 is 5.19. The Morgan fingerprint density at radius 1 is 1.17 bits per heavy atom. The number of nitrogens with zero attached hydrogens (tertiary/aromatic N) is 2. The molecule has 1 aliphatic rings. The van der Waals surface area contributed by atoms with E-state index in [9.17, 15) is 14.9 Å². The molecule has 30 heavy (non-hydrogen) atoms. The van der Waals surface area contributed by atoms with Crippen LogP contribution in [0.15, 0.2) is 53.4 Å². The van der Waals surface area contributed by atoms with E-state index in [2.05, 4.69) is 17.5 Å². The van der Waals surface area contributed by atoms with Gasteiger partial charge in [0.1, 0.15) is 5.54 Å². The quantitative estimate of drug-likeness (QED) is 0.515. The Morgan fingerprint density at radius 2 is 1.87 bits per heavy atom. The first kappa shape index (κ1) is 21.4. The topological polar surface area (TPSA) is 103 Å². The Morgan fingerprint density at radius 3 is 2.50 bits per heavy atom. The molecule has 1 saturated carbocycles. The molecule has 0 radical (unpaired) electrons. The van der Waals surface area contributed by atoms with Crippen molar-refractivity contribution in [2.24, 2.45) is 5.92 Å². The van der Waals surface area contributed by atoms with Gasteiger partial charge in [-0.05, 0) is 55.5 Å². The Bertz CT molecular complexity index is 1020. The summed E-state index contributed by atoms with van der Waals surface area (Å²) in [5, 5.41) is 20.9. The number of carbonyl (C=O) groups is 2. The van der Waals surface area contributed by atoms with Crippen molar-refractivity contribution in [1.82, 2.24) is 5.32 Å². The molecule has 1 N–H and O–H groups in total. The van der Waals surface area contributed by atoms with E-state index >= 15 is 0 Å². The highest BCUT2D eigenvalue weighted by atomic mass is 32.2. The number of nitrogens with one attached hydrogen (secondary N) is 1. The van der Waals surface area contributed by atoms with Crippen LogP contribution in [0.2, 0.25) is 0 Å². The average molecular weight is 420 g/mol. The van der Waals surface area contributed by atoms with E-state index in [1.165, 1.54) is 11.8 Å². The first-order chi connectivity index (χ1) is 14.4. The number of thioether (sulfide) groups is 1. The molecule has 1 atom stereocenters. The smallest absolute Gasteiger partial charge is 0.339 e. The maximum Gasteiger partial charge on any atom is 0.339 e. The monoisotopic (exact) mass is 419 g/mol. The summed E-state index contributed by atoms with van der Waals surface area (Å²) in [5.74, 6) is -0.292. The second-order valence-electron chi connectivity index (χ2n) is 7.31. The Balaban J connectivity index is 1.57. The minimum atomic E-state index is -0.918. The average Bonchev–Trinajstić information content (AvgIpc) is 3.62. The van der Waals surface area contributed by atoms with Crippen molar-refractivity contribution in [2.45, 2.75) is 36.0 Å². The predicted octanol–water partition coefficient (Wildman–Crippen LogP) is 3.82. The molecule has 1 aliphatic carbocycles. The van der Waals surface area contributed by atoms with Crippen LogP contribution in [0.5, 0.6) is 0 Å². The number of hydrogen-bond acceptors (Lipinski definition) is 6. The maximum absolute atomic E-state index is 12.5. The highest BCUT2D eigenvalue weighted by Gasteiger charge is 2.43. The van der Waals surface area contributed by atoms with Crippen LogP contribution in [-0.2, 0) is 15.3 Å². The molecule has 6 nitrogen and oxygen atoms in total. The summed E-state index contributed by atoms with van der Waals surface area (Å²) >= 11 is 1.47. The normalized spacial score (nSPS) is 14.6. The molecule has 1 amide bonds. The number of amides is 1. The van der Waals surface area contributed by atoms with Crippen LogP contribution in [0, 0.1) is 28.6 Å². The lowest BCUT2D eigenvalue weighted by Crippen LogP contribution is -2.48. The Hall–Kier alpha value is -3.29. The zero-order valence-corrected chi connectivity index (χ0v) is 17.4. The van der Waals surface area contributed by atoms with Crippen molar-refractivity contribution in [3.63, 3.8) is 0 Å². The molecule has 0 unspecified atom stereocenters.